The van der Waals surface area contributed by atoms with Crippen LogP contribution in [0.15, 0.2) is 23.4 Å². The van der Waals surface area contributed by atoms with Crippen LogP contribution in [0.25, 0.3) is 0 Å². The van der Waals surface area contributed by atoms with Crippen LogP contribution in [0, 0.1) is 16.2 Å². The molecule has 0 spiro atoms. The van der Waals surface area contributed by atoms with Gasteiger partial charge in [0, 0.05) is 0 Å². The smallest absolute Gasteiger partial charge is 0.106 e. The van der Waals surface area contributed by atoms with E-state index >= 15 is 0 Å². The molecule has 0 aliphatic heterocycles. The van der Waals surface area contributed by atoms with E-state index in [0.29, 0.717) is 5.56 Å². The van der Waals surface area contributed by atoms with Gasteiger partial charge in [0.2, 0.25) is 0 Å². The number of hydrogen-bond acceptors (Lipinski definition) is 3. The van der Waals surface area contributed by atoms with Crippen molar-refractivity contribution >= 4 is 0 Å². The fourth-order valence-electron chi connectivity index (χ4n) is 1.36. The van der Waals surface area contributed by atoms with Crippen molar-refractivity contribution in [3.63, 3.8) is 0 Å². The van der Waals surface area contributed by atoms with Gasteiger partial charge in [-0.15, -0.1) is 0 Å². The predicted molar refractivity (Wildman–Crippen MR) is 54.7 cm³/mol. The second-order valence-electron chi connectivity index (χ2n) is 3.48. The second-order valence-corrected chi connectivity index (χ2v) is 3.48. The van der Waals surface area contributed by atoms with Gasteiger partial charge in [0.1, 0.15) is 6.54 Å². The molecule has 0 amide bonds. The van der Waals surface area contributed by atoms with E-state index in [-0.39, 0.29) is 12.5 Å². The first kappa shape index (κ1) is 10.4. The van der Waals surface area contributed by atoms with Crippen molar-refractivity contribution in [3.8, 4) is 6.07 Å². The van der Waals surface area contributed by atoms with Gasteiger partial charge in [-0.3, -0.25) is 0 Å². The molecule has 0 radical (unpaired) electrons. The van der Waals surface area contributed by atoms with E-state index in [2.05, 4.69) is 11.2 Å². The summed E-state index contributed by atoms with van der Waals surface area (Å²) in [6.07, 6.45) is 0. The van der Waals surface area contributed by atoms with Gasteiger partial charge in [0.05, 0.1) is 11.6 Å². The van der Waals surface area contributed by atoms with Crippen LogP contribution in [0.2, 0.25) is 0 Å². The first-order chi connectivity index (χ1) is 6.69. The topological polar surface area (TPSA) is 53.2 Å². The van der Waals surface area contributed by atoms with Crippen LogP contribution in [0.5, 0.6) is 0 Å². The molecule has 1 aromatic rings. The number of nitriles is 1. The first-order valence-electron chi connectivity index (χ1n) is 4.51. The molecule has 0 atom stereocenters. The van der Waals surface area contributed by atoms with Crippen molar-refractivity contribution in [3.05, 3.63) is 39.8 Å². The summed E-state index contributed by atoms with van der Waals surface area (Å²) in [5.41, 5.74) is 2.52. The maximum atomic E-state index is 10.1. The van der Waals surface area contributed by atoms with Crippen LogP contribution < -0.4 is 0 Å². The molecular weight excluding hydrogens is 176 g/mol. The maximum absolute atomic E-state index is 10.1. The average Bonchev–Trinajstić information content (AvgIpc) is 2.18. The number of nitrogens with zero attached hydrogens (tertiary/aromatic N) is 2. The molecule has 3 nitrogen and oxygen atoms in total. The van der Waals surface area contributed by atoms with Crippen LogP contribution in [0.4, 0.5) is 0 Å². The van der Waals surface area contributed by atoms with Crippen LogP contribution >= 0.6 is 0 Å². The summed E-state index contributed by atoms with van der Waals surface area (Å²) in [5, 5.41) is 11.7. The number of nitroso groups, excluding NO2 is 1. The molecule has 14 heavy (non-hydrogen) atoms. The first-order valence-corrected chi connectivity index (χ1v) is 4.51. The Morgan fingerprint density at radius 1 is 1.50 bits per heavy atom. The Bertz CT molecular complexity index is 377. The standard InChI is InChI=1S/C11H12N2O/c1-8(2)11-5-9(7-13-14)3-4-10(11)6-12/h3-5,8H,7H2,1-2H3. The van der Waals surface area contributed by atoms with Crippen molar-refractivity contribution in [1.82, 2.24) is 0 Å². The monoisotopic (exact) mass is 188 g/mol. The average molecular weight is 188 g/mol. The zero-order valence-corrected chi connectivity index (χ0v) is 8.32. The fraction of sp³-hybridized carbons (Fsp3) is 0.364. The van der Waals surface area contributed by atoms with Crippen LogP contribution in [0.3, 0.4) is 0 Å². The fourth-order valence-corrected chi connectivity index (χ4v) is 1.36. The molecule has 0 fully saturated rings. The molecule has 72 valence electrons. The Balaban J connectivity index is 3.15. The third-order valence-electron chi connectivity index (χ3n) is 2.11. The molecule has 0 saturated carbocycles. The van der Waals surface area contributed by atoms with Gasteiger partial charge in [-0.2, -0.15) is 10.2 Å². The van der Waals surface area contributed by atoms with E-state index in [0.717, 1.165) is 11.1 Å². The number of hydrogen-bond donors (Lipinski definition) is 0. The molecule has 0 bridgehead atoms. The van der Waals surface area contributed by atoms with Crippen LogP contribution in [0.1, 0.15) is 36.5 Å². The van der Waals surface area contributed by atoms with E-state index in [9.17, 15) is 4.91 Å². The van der Waals surface area contributed by atoms with Gasteiger partial charge in [-0.1, -0.05) is 31.2 Å². The lowest BCUT2D eigenvalue weighted by atomic mass is 9.96. The van der Waals surface area contributed by atoms with E-state index in [1.165, 1.54) is 0 Å². The quantitative estimate of drug-likeness (QED) is 0.685. The predicted octanol–water partition coefficient (Wildman–Crippen LogP) is 2.95. The minimum Gasteiger partial charge on any atom is -0.192 e. The highest BCUT2D eigenvalue weighted by Gasteiger charge is 2.07. The molecule has 1 aromatic carbocycles. The Morgan fingerprint density at radius 2 is 2.21 bits per heavy atom. The molecule has 0 saturated heterocycles. The summed E-state index contributed by atoms with van der Waals surface area (Å²) in [6, 6.07) is 7.53. The Morgan fingerprint density at radius 3 is 2.71 bits per heavy atom. The Kier molecular flexibility index (Phi) is 3.35. The van der Waals surface area contributed by atoms with Gasteiger partial charge in [0.15, 0.2) is 0 Å². The highest BCUT2D eigenvalue weighted by Crippen LogP contribution is 2.20. The van der Waals surface area contributed by atoms with E-state index in [1.54, 1.807) is 12.1 Å². The zero-order chi connectivity index (χ0) is 10.6. The second kappa shape index (κ2) is 4.52. The lowest BCUT2D eigenvalue weighted by Crippen LogP contribution is -1.94. The van der Waals surface area contributed by atoms with Crippen LogP contribution in [-0.4, -0.2) is 0 Å². The minimum atomic E-state index is 0.172. The largest absolute Gasteiger partial charge is 0.192 e. The SMILES string of the molecule is CC(C)c1cc(CN=O)ccc1C#N. The number of benzene rings is 1. The van der Waals surface area contributed by atoms with Gasteiger partial charge in [0.25, 0.3) is 0 Å². The lowest BCUT2D eigenvalue weighted by molar-refractivity contribution is 0.857. The summed E-state index contributed by atoms with van der Waals surface area (Å²) in [5.74, 6) is 0.288. The van der Waals surface area contributed by atoms with Crippen molar-refractivity contribution in [2.75, 3.05) is 0 Å². The van der Waals surface area contributed by atoms with E-state index in [4.69, 9.17) is 5.26 Å². The molecule has 0 N–H and O–H groups in total. The third-order valence-corrected chi connectivity index (χ3v) is 2.11. The molecule has 0 aliphatic rings. The van der Waals surface area contributed by atoms with Gasteiger partial charge in [-0.25, -0.2) is 0 Å². The molecular formula is C11H12N2O. The molecule has 0 aliphatic carbocycles. The van der Waals surface area contributed by atoms with Crippen molar-refractivity contribution < 1.29 is 0 Å². The highest BCUT2D eigenvalue weighted by atomic mass is 16.3. The molecule has 0 unspecified atom stereocenters. The van der Waals surface area contributed by atoms with E-state index in [1.807, 2.05) is 19.9 Å². The Hall–Kier alpha value is -1.69. The third kappa shape index (κ3) is 2.17. The van der Waals surface area contributed by atoms with Gasteiger partial charge in [-0.05, 0) is 23.1 Å². The van der Waals surface area contributed by atoms with Crippen molar-refractivity contribution in [1.29, 1.82) is 5.26 Å². The molecule has 3 heteroatoms. The number of rotatable bonds is 3. The van der Waals surface area contributed by atoms with Gasteiger partial charge < -0.3 is 0 Å². The minimum absolute atomic E-state index is 0.172. The highest BCUT2D eigenvalue weighted by molar-refractivity contribution is 5.42. The summed E-state index contributed by atoms with van der Waals surface area (Å²) in [7, 11) is 0. The maximum Gasteiger partial charge on any atom is 0.106 e. The van der Waals surface area contributed by atoms with Crippen molar-refractivity contribution in [2.45, 2.75) is 26.3 Å². The summed E-state index contributed by atoms with van der Waals surface area (Å²) in [4.78, 5) is 10.1. The Labute approximate surface area is 83.3 Å². The zero-order valence-electron chi connectivity index (χ0n) is 8.32. The molecule has 0 aromatic heterocycles. The summed E-state index contributed by atoms with van der Waals surface area (Å²) in [6.45, 7) is 4.22. The van der Waals surface area contributed by atoms with Crippen molar-refractivity contribution in [2.24, 2.45) is 5.18 Å². The normalized spacial score (nSPS) is 9.86. The molecule has 1 rings (SSSR count). The summed E-state index contributed by atoms with van der Waals surface area (Å²) >= 11 is 0. The summed E-state index contributed by atoms with van der Waals surface area (Å²) < 4.78 is 0. The molecule has 0 heterocycles. The lowest BCUT2D eigenvalue weighted by Gasteiger charge is -2.08. The van der Waals surface area contributed by atoms with Gasteiger partial charge >= 0.3 is 0 Å². The van der Waals surface area contributed by atoms with E-state index < -0.39 is 0 Å². The van der Waals surface area contributed by atoms with Crippen LogP contribution in [-0.2, 0) is 6.54 Å².